The zero-order chi connectivity index (χ0) is 15.6. The molecule has 0 atom stereocenters. The van der Waals surface area contributed by atoms with Gasteiger partial charge in [0.2, 0.25) is 0 Å². The van der Waals surface area contributed by atoms with Crippen molar-refractivity contribution in [2.75, 3.05) is 0 Å². The summed E-state index contributed by atoms with van der Waals surface area (Å²) in [5.41, 5.74) is 3.82. The van der Waals surface area contributed by atoms with E-state index in [4.69, 9.17) is 0 Å². The molecular weight excluding hydrogens is 276 g/mol. The van der Waals surface area contributed by atoms with Gasteiger partial charge < -0.3 is 0 Å². The number of hydrogen-bond acceptors (Lipinski definition) is 0. The van der Waals surface area contributed by atoms with E-state index >= 15 is 0 Å². The number of hydrogen-bond donors (Lipinski definition) is 0. The zero-order valence-electron chi connectivity index (χ0n) is 13.2. The monoisotopic (exact) mass is 294 g/mol. The molecule has 0 aromatic heterocycles. The van der Waals surface area contributed by atoms with Crippen LogP contribution >= 0.6 is 0 Å². The average molecular weight is 294 g/mol. The molecule has 4 aromatic rings. The van der Waals surface area contributed by atoms with Crippen LogP contribution in [0.3, 0.4) is 0 Å². The minimum absolute atomic E-state index is 1.23. The maximum Gasteiger partial charge on any atom is -0.0109 e. The summed E-state index contributed by atoms with van der Waals surface area (Å²) < 4.78 is 0. The van der Waals surface area contributed by atoms with E-state index in [1.807, 2.05) is 0 Å². The van der Waals surface area contributed by atoms with Crippen molar-refractivity contribution in [2.45, 2.75) is 6.92 Å². The lowest BCUT2D eigenvalue weighted by Gasteiger charge is -2.05. The molecule has 0 spiro atoms. The molecule has 23 heavy (non-hydrogen) atoms. The Bertz CT molecular complexity index is 1020. The third-order valence-corrected chi connectivity index (χ3v) is 4.40. The third kappa shape index (κ3) is 2.64. The van der Waals surface area contributed by atoms with Crippen molar-refractivity contribution in [2.24, 2.45) is 0 Å². The molecule has 0 aliphatic heterocycles. The van der Waals surface area contributed by atoms with Crippen LogP contribution in [-0.4, -0.2) is 0 Å². The molecule has 0 saturated carbocycles. The lowest BCUT2D eigenvalue weighted by Crippen LogP contribution is -1.82. The summed E-state index contributed by atoms with van der Waals surface area (Å²) in [6.07, 6.45) is 4.41. The SMILES string of the molecule is Cc1ccc(C=Cc2ccc3ccccc3c2)c2ccccc12. The van der Waals surface area contributed by atoms with Crippen molar-refractivity contribution >= 4 is 33.7 Å². The van der Waals surface area contributed by atoms with Crippen LogP contribution in [0.25, 0.3) is 33.7 Å². The van der Waals surface area contributed by atoms with E-state index in [1.54, 1.807) is 0 Å². The van der Waals surface area contributed by atoms with E-state index in [9.17, 15) is 0 Å². The summed E-state index contributed by atoms with van der Waals surface area (Å²) >= 11 is 0. The van der Waals surface area contributed by atoms with Gasteiger partial charge in [0.15, 0.2) is 0 Å². The van der Waals surface area contributed by atoms with E-state index in [0.717, 1.165) is 0 Å². The van der Waals surface area contributed by atoms with E-state index in [1.165, 1.54) is 38.2 Å². The summed E-state index contributed by atoms with van der Waals surface area (Å²) in [5, 5.41) is 5.20. The molecule has 0 N–H and O–H groups in total. The average Bonchev–Trinajstić information content (AvgIpc) is 2.61. The second kappa shape index (κ2) is 5.73. The summed E-state index contributed by atoms with van der Waals surface area (Å²) in [5.74, 6) is 0. The van der Waals surface area contributed by atoms with E-state index < -0.39 is 0 Å². The van der Waals surface area contributed by atoms with Crippen molar-refractivity contribution < 1.29 is 0 Å². The Morgan fingerprint density at radius 2 is 1.35 bits per heavy atom. The molecule has 0 heteroatoms. The van der Waals surface area contributed by atoms with Crippen molar-refractivity contribution in [3.63, 3.8) is 0 Å². The Kier molecular flexibility index (Phi) is 3.44. The highest BCUT2D eigenvalue weighted by Gasteiger charge is 2.00. The molecule has 0 aliphatic rings. The normalized spacial score (nSPS) is 11.5. The van der Waals surface area contributed by atoms with Gasteiger partial charge in [-0.2, -0.15) is 0 Å². The molecule has 0 heterocycles. The molecule has 4 rings (SSSR count). The van der Waals surface area contributed by atoms with E-state index in [2.05, 4.69) is 97.9 Å². The van der Waals surface area contributed by atoms with Crippen LogP contribution in [0.2, 0.25) is 0 Å². The molecule has 0 aliphatic carbocycles. The molecule has 110 valence electrons. The van der Waals surface area contributed by atoms with Gasteiger partial charge in [-0.15, -0.1) is 0 Å². The van der Waals surface area contributed by atoms with Crippen molar-refractivity contribution in [1.29, 1.82) is 0 Å². The largest absolute Gasteiger partial charge is 0.0616 e. The first-order valence-corrected chi connectivity index (χ1v) is 7.96. The lowest BCUT2D eigenvalue weighted by molar-refractivity contribution is 1.52. The highest BCUT2D eigenvalue weighted by Crippen LogP contribution is 2.24. The molecule has 0 unspecified atom stereocenters. The predicted molar refractivity (Wildman–Crippen MR) is 102 cm³/mol. The molecule has 4 aromatic carbocycles. The van der Waals surface area contributed by atoms with Crippen LogP contribution in [0, 0.1) is 6.92 Å². The van der Waals surface area contributed by atoms with Crippen LogP contribution < -0.4 is 0 Å². The van der Waals surface area contributed by atoms with Crippen LogP contribution in [-0.2, 0) is 0 Å². The zero-order valence-corrected chi connectivity index (χ0v) is 13.2. The minimum atomic E-state index is 1.23. The van der Waals surface area contributed by atoms with E-state index in [0.29, 0.717) is 0 Å². The Labute approximate surface area is 136 Å². The van der Waals surface area contributed by atoms with E-state index in [-0.39, 0.29) is 0 Å². The Morgan fingerprint density at radius 1 is 0.609 bits per heavy atom. The van der Waals surface area contributed by atoms with Crippen molar-refractivity contribution in [3.05, 3.63) is 95.6 Å². The van der Waals surface area contributed by atoms with Gasteiger partial charge in [-0.3, -0.25) is 0 Å². The highest BCUT2D eigenvalue weighted by atomic mass is 14.0. The fourth-order valence-electron chi connectivity index (χ4n) is 3.12. The van der Waals surface area contributed by atoms with Crippen LogP contribution in [0.1, 0.15) is 16.7 Å². The Morgan fingerprint density at radius 3 is 2.22 bits per heavy atom. The van der Waals surface area contributed by atoms with Gasteiger partial charge >= 0.3 is 0 Å². The van der Waals surface area contributed by atoms with Crippen molar-refractivity contribution in [1.82, 2.24) is 0 Å². The lowest BCUT2D eigenvalue weighted by atomic mass is 9.99. The molecule has 0 fully saturated rings. The van der Waals surface area contributed by atoms with Crippen LogP contribution in [0.5, 0.6) is 0 Å². The van der Waals surface area contributed by atoms with Crippen molar-refractivity contribution in [3.8, 4) is 0 Å². The number of fused-ring (bicyclic) bond motifs is 2. The maximum atomic E-state index is 2.24. The first kappa shape index (κ1) is 13.8. The number of rotatable bonds is 2. The quantitative estimate of drug-likeness (QED) is 0.371. The summed E-state index contributed by atoms with van der Waals surface area (Å²) in [4.78, 5) is 0. The minimum Gasteiger partial charge on any atom is -0.0616 e. The molecule has 0 bridgehead atoms. The molecule has 0 nitrogen and oxygen atoms in total. The highest BCUT2D eigenvalue weighted by molar-refractivity contribution is 5.95. The van der Waals surface area contributed by atoms with Gasteiger partial charge in [0.25, 0.3) is 0 Å². The number of benzene rings is 4. The first-order valence-electron chi connectivity index (χ1n) is 7.96. The van der Waals surface area contributed by atoms with Gasteiger partial charge in [0.05, 0.1) is 0 Å². The Hall–Kier alpha value is -2.86. The maximum absolute atomic E-state index is 2.24. The van der Waals surface area contributed by atoms with Crippen LogP contribution in [0.15, 0.2) is 78.9 Å². The van der Waals surface area contributed by atoms with Gasteiger partial charge in [0.1, 0.15) is 0 Å². The smallest absolute Gasteiger partial charge is 0.0109 e. The molecular formula is C23H18. The van der Waals surface area contributed by atoms with Gasteiger partial charge in [0, 0.05) is 0 Å². The predicted octanol–water partition coefficient (Wildman–Crippen LogP) is 6.47. The van der Waals surface area contributed by atoms with Gasteiger partial charge in [-0.05, 0) is 51.2 Å². The molecule has 0 amide bonds. The summed E-state index contributed by atoms with van der Waals surface area (Å²) in [7, 11) is 0. The molecule has 0 saturated heterocycles. The van der Waals surface area contributed by atoms with Gasteiger partial charge in [-0.25, -0.2) is 0 Å². The fourth-order valence-corrected chi connectivity index (χ4v) is 3.12. The second-order valence-electron chi connectivity index (χ2n) is 5.96. The first-order chi connectivity index (χ1) is 11.3. The number of aryl methyl sites for hydroxylation is 1. The standard InChI is InChI=1S/C23H18/c1-17-10-13-20(23-9-5-4-8-22(17)23)15-12-18-11-14-19-6-2-3-7-21(19)16-18/h2-16H,1H3. The second-order valence-corrected chi connectivity index (χ2v) is 5.96. The fraction of sp³-hybridized carbons (Fsp3) is 0.0435. The Balaban J connectivity index is 1.77. The summed E-state index contributed by atoms with van der Waals surface area (Å²) in [6, 6.07) is 28.1. The molecule has 0 radical (unpaired) electrons. The third-order valence-electron chi connectivity index (χ3n) is 4.40. The summed E-state index contributed by atoms with van der Waals surface area (Å²) in [6.45, 7) is 2.17. The topological polar surface area (TPSA) is 0 Å². The van der Waals surface area contributed by atoms with Gasteiger partial charge in [-0.1, -0.05) is 84.9 Å². The van der Waals surface area contributed by atoms with Crippen LogP contribution in [0.4, 0.5) is 0 Å².